The van der Waals surface area contributed by atoms with Gasteiger partial charge in [0.05, 0.1) is 0 Å². The van der Waals surface area contributed by atoms with Gasteiger partial charge in [-0.25, -0.2) is 0 Å². The number of nitrogen functional groups attached to an aromatic ring is 1. The summed E-state index contributed by atoms with van der Waals surface area (Å²) in [6.07, 6.45) is 0.561. The van der Waals surface area contributed by atoms with Gasteiger partial charge in [-0.1, -0.05) is 24.3 Å². The van der Waals surface area contributed by atoms with Crippen LogP contribution in [0.2, 0.25) is 0 Å². The number of aromatic hydroxyl groups is 1. The van der Waals surface area contributed by atoms with Crippen LogP contribution >= 0.6 is 0 Å². The Morgan fingerprint density at radius 2 is 1.68 bits per heavy atom. The molecule has 0 aliphatic carbocycles. The van der Waals surface area contributed by atoms with E-state index in [2.05, 4.69) is 0 Å². The number of hydrogen-bond donors (Lipinski definition) is 4. The zero-order chi connectivity index (χ0) is 13.8. The molecule has 2 rings (SSSR count). The Morgan fingerprint density at radius 3 is 2.32 bits per heavy atom. The van der Waals surface area contributed by atoms with Gasteiger partial charge in [0.1, 0.15) is 12.0 Å². The van der Waals surface area contributed by atoms with Crippen LogP contribution in [-0.4, -0.2) is 10.2 Å². The summed E-state index contributed by atoms with van der Waals surface area (Å²) in [4.78, 5) is 0. The lowest BCUT2D eigenvalue weighted by Gasteiger charge is -2.08. The van der Waals surface area contributed by atoms with Gasteiger partial charge in [0.15, 0.2) is 0 Å². The van der Waals surface area contributed by atoms with E-state index in [9.17, 15) is 10.2 Å². The molecule has 0 bridgehead atoms. The standard InChI is InChI=1S/C15H18N2O2/c16-13-7-8-14(18)12(9-13)6-3-10-1-4-11(5-2-10)15(17)19/h1-2,4-5,7-9,15,18-19H,3,6,16-17H2. The quantitative estimate of drug-likeness (QED) is 0.381. The van der Waals surface area contributed by atoms with E-state index in [1.807, 2.05) is 12.1 Å². The van der Waals surface area contributed by atoms with Crippen molar-refractivity contribution >= 4 is 5.69 Å². The van der Waals surface area contributed by atoms with Crippen molar-refractivity contribution in [3.05, 3.63) is 59.2 Å². The molecule has 0 aliphatic heterocycles. The van der Waals surface area contributed by atoms with Crippen LogP contribution in [0.25, 0.3) is 0 Å². The SMILES string of the molecule is Nc1ccc(O)c(CCc2ccc(C(N)O)cc2)c1. The highest BCUT2D eigenvalue weighted by Gasteiger charge is 2.04. The third-order valence-electron chi connectivity index (χ3n) is 3.11. The average Bonchev–Trinajstić information content (AvgIpc) is 2.40. The molecule has 0 fully saturated rings. The Hall–Kier alpha value is -2.04. The van der Waals surface area contributed by atoms with Gasteiger partial charge < -0.3 is 21.7 Å². The molecule has 1 atom stereocenters. The van der Waals surface area contributed by atoms with Crippen LogP contribution in [0.5, 0.6) is 5.75 Å². The minimum atomic E-state index is -0.938. The van der Waals surface area contributed by atoms with Crippen LogP contribution in [0.15, 0.2) is 42.5 Å². The first-order valence-corrected chi connectivity index (χ1v) is 6.16. The van der Waals surface area contributed by atoms with Crippen molar-refractivity contribution in [2.24, 2.45) is 5.73 Å². The summed E-state index contributed by atoms with van der Waals surface area (Å²) in [6, 6.07) is 12.5. The Kier molecular flexibility index (Phi) is 4.04. The summed E-state index contributed by atoms with van der Waals surface area (Å²) in [5, 5.41) is 18.9. The first-order chi connectivity index (χ1) is 9.06. The molecule has 0 aromatic heterocycles. The van der Waals surface area contributed by atoms with Gasteiger partial charge in [0.25, 0.3) is 0 Å². The van der Waals surface area contributed by atoms with Crippen molar-refractivity contribution in [2.45, 2.75) is 19.1 Å². The van der Waals surface area contributed by atoms with Crippen molar-refractivity contribution in [2.75, 3.05) is 5.73 Å². The molecule has 0 saturated heterocycles. The Morgan fingerprint density at radius 1 is 1.00 bits per heavy atom. The minimum Gasteiger partial charge on any atom is -0.508 e. The molecule has 0 aliphatic rings. The van der Waals surface area contributed by atoms with Crippen molar-refractivity contribution in [1.82, 2.24) is 0 Å². The smallest absolute Gasteiger partial charge is 0.128 e. The first kappa shape index (κ1) is 13.4. The molecule has 6 N–H and O–H groups in total. The monoisotopic (exact) mass is 258 g/mol. The van der Waals surface area contributed by atoms with E-state index < -0.39 is 6.23 Å². The molecule has 4 heteroatoms. The summed E-state index contributed by atoms with van der Waals surface area (Å²) < 4.78 is 0. The number of nitrogens with two attached hydrogens (primary N) is 2. The Balaban J connectivity index is 2.04. The molecule has 0 amide bonds. The molecule has 4 nitrogen and oxygen atoms in total. The number of aliphatic hydroxyl groups is 1. The van der Waals surface area contributed by atoms with Gasteiger partial charge in [-0.15, -0.1) is 0 Å². The van der Waals surface area contributed by atoms with Crippen molar-refractivity contribution in [3.63, 3.8) is 0 Å². The third kappa shape index (κ3) is 3.47. The zero-order valence-electron chi connectivity index (χ0n) is 10.6. The van der Waals surface area contributed by atoms with Crippen LogP contribution in [0, 0.1) is 0 Å². The number of aryl methyl sites for hydroxylation is 2. The number of phenols is 1. The number of hydrogen-bond acceptors (Lipinski definition) is 4. The second-order valence-electron chi connectivity index (χ2n) is 4.57. The fraction of sp³-hybridized carbons (Fsp3) is 0.200. The van der Waals surface area contributed by atoms with E-state index in [0.29, 0.717) is 17.7 Å². The van der Waals surface area contributed by atoms with Crippen LogP contribution in [0.3, 0.4) is 0 Å². The fourth-order valence-electron chi connectivity index (χ4n) is 1.97. The van der Waals surface area contributed by atoms with E-state index in [1.165, 1.54) is 0 Å². The van der Waals surface area contributed by atoms with E-state index >= 15 is 0 Å². The molecule has 0 saturated carbocycles. The van der Waals surface area contributed by atoms with E-state index in [-0.39, 0.29) is 5.75 Å². The summed E-state index contributed by atoms with van der Waals surface area (Å²) in [5.74, 6) is 0.267. The molecule has 2 aromatic rings. The van der Waals surface area contributed by atoms with Gasteiger partial charge in [-0.2, -0.15) is 0 Å². The number of aliphatic hydroxyl groups excluding tert-OH is 1. The predicted octanol–water partition coefficient (Wildman–Crippen LogP) is 1.71. The first-order valence-electron chi connectivity index (χ1n) is 6.16. The number of phenolic OH excluding ortho intramolecular Hbond substituents is 1. The summed E-state index contributed by atoms with van der Waals surface area (Å²) in [7, 11) is 0. The molecule has 19 heavy (non-hydrogen) atoms. The molecule has 0 radical (unpaired) electrons. The zero-order valence-corrected chi connectivity index (χ0v) is 10.6. The Bertz CT molecular complexity index is 551. The minimum absolute atomic E-state index is 0.267. The van der Waals surface area contributed by atoms with Crippen LogP contribution in [0.4, 0.5) is 5.69 Å². The lowest BCUT2D eigenvalue weighted by atomic mass is 10.0. The predicted molar refractivity (Wildman–Crippen MR) is 75.5 cm³/mol. The van der Waals surface area contributed by atoms with Gasteiger partial charge in [-0.05, 0) is 47.7 Å². The largest absolute Gasteiger partial charge is 0.508 e. The summed E-state index contributed by atoms with van der Waals surface area (Å²) in [6.45, 7) is 0. The molecule has 100 valence electrons. The van der Waals surface area contributed by atoms with E-state index in [0.717, 1.165) is 17.5 Å². The van der Waals surface area contributed by atoms with Crippen LogP contribution in [0.1, 0.15) is 22.9 Å². The van der Waals surface area contributed by atoms with E-state index in [4.69, 9.17) is 11.5 Å². The fourth-order valence-corrected chi connectivity index (χ4v) is 1.97. The highest BCUT2D eigenvalue weighted by Crippen LogP contribution is 2.21. The van der Waals surface area contributed by atoms with Crippen molar-refractivity contribution in [3.8, 4) is 5.75 Å². The van der Waals surface area contributed by atoms with Gasteiger partial charge in [-0.3, -0.25) is 0 Å². The maximum atomic E-state index is 9.72. The maximum Gasteiger partial charge on any atom is 0.128 e. The lowest BCUT2D eigenvalue weighted by molar-refractivity contribution is 0.186. The molecule has 1 unspecified atom stereocenters. The highest BCUT2D eigenvalue weighted by atomic mass is 16.3. The number of benzene rings is 2. The normalized spacial score (nSPS) is 12.3. The lowest BCUT2D eigenvalue weighted by Crippen LogP contribution is -2.08. The highest BCUT2D eigenvalue weighted by molar-refractivity contribution is 5.47. The number of anilines is 1. The summed E-state index contributed by atoms with van der Waals surface area (Å²) in [5.41, 5.74) is 14.4. The second kappa shape index (κ2) is 5.73. The van der Waals surface area contributed by atoms with Gasteiger partial charge in [0.2, 0.25) is 0 Å². The average molecular weight is 258 g/mol. The van der Waals surface area contributed by atoms with Crippen molar-refractivity contribution in [1.29, 1.82) is 0 Å². The summed E-state index contributed by atoms with van der Waals surface area (Å²) >= 11 is 0. The van der Waals surface area contributed by atoms with E-state index in [1.54, 1.807) is 30.3 Å². The molecule has 0 spiro atoms. The van der Waals surface area contributed by atoms with Gasteiger partial charge in [0, 0.05) is 5.69 Å². The molecular formula is C15H18N2O2. The van der Waals surface area contributed by atoms with Crippen LogP contribution < -0.4 is 11.5 Å². The maximum absolute atomic E-state index is 9.72. The topological polar surface area (TPSA) is 92.5 Å². The second-order valence-corrected chi connectivity index (χ2v) is 4.57. The Labute approximate surface area is 112 Å². The molecule has 0 heterocycles. The van der Waals surface area contributed by atoms with Crippen molar-refractivity contribution < 1.29 is 10.2 Å². The third-order valence-corrected chi connectivity index (χ3v) is 3.11. The number of rotatable bonds is 4. The van der Waals surface area contributed by atoms with Crippen LogP contribution in [-0.2, 0) is 12.8 Å². The molecule has 2 aromatic carbocycles. The van der Waals surface area contributed by atoms with Gasteiger partial charge >= 0.3 is 0 Å². The molecular weight excluding hydrogens is 240 g/mol.